The van der Waals surface area contributed by atoms with Crippen molar-refractivity contribution >= 4 is 33.7 Å². The summed E-state index contributed by atoms with van der Waals surface area (Å²) in [5.74, 6) is -0.505. The van der Waals surface area contributed by atoms with Gasteiger partial charge in [-0.1, -0.05) is 0 Å². The molecule has 0 bridgehead atoms. The smallest absolute Gasteiger partial charge is 0.345 e. The van der Waals surface area contributed by atoms with Crippen molar-refractivity contribution in [2.45, 2.75) is 0 Å². The zero-order chi connectivity index (χ0) is 11.7. The van der Waals surface area contributed by atoms with Crippen molar-refractivity contribution in [2.75, 3.05) is 7.11 Å². The summed E-state index contributed by atoms with van der Waals surface area (Å²) in [6.45, 7) is 0. The van der Waals surface area contributed by atoms with E-state index in [0.29, 0.717) is 17.6 Å². The molecule has 2 rings (SSSR count). The van der Waals surface area contributed by atoms with Crippen molar-refractivity contribution in [3.05, 3.63) is 28.6 Å². The number of benzene rings is 1. The quantitative estimate of drug-likeness (QED) is 0.831. The first-order valence-corrected chi connectivity index (χ1v) is 5.27. The summed E-state index contributed by atoms with van der Waals surface area (Å²) in [6, 6.07) is 4.86. The summed E-state index contributed by atoms with van der Waals surface area (Å²) in [5, 5.41) is 9.59. The van der Waals surface area contributed by atoms with E-state index in [2.05, 4.69) is 0 Å². The van der Waals surface area contributed by atoms with E-state index < -0.39 is 5.97 Å². The highest BCUT2D eigenvalue weighted by atomic mass is 32.1. The molecular weight excluding hydrogens is 228 g/mol. The minimum Gasteiger partial charge on any atom is -0.496 e. The molecule has 0 aliphatic carbocycles. The Kier molecular flexibility index (Phi) is 2.62. The normalized spacial score (nSPS) is 10.3. The zero-order valence-corrected chi connectivity index (χ0v) is 9.21. The molecule has 0 unspecified atom stereocenters. The molecule has 0 atom stereocenters. The van der Waals surface area contributed by atoms with Gasteiger partial charge in [0.05, 0.1) is 12.7 Å². The summed E-state index contributed by atoms with van der Waals surface area (Å²) >= 11 is 1.16. The van der Waals surface area contributed by atoms with Crippen LogP contribution in [0, 0.1) is 0 Å². The molecule has 2 aromatic rings. The first-order valence-electron chi connectivity index (χ1n) is 4.45. The van der Waals surface area contributed by atoms with Gasteiger partial charge in [0.2, 0.25) is 0 Å². The Morgan fingerprint density at radius 3 is 2.75 bits per heavy atom. The minimum atomic E-state index is -0.965. The topological polar surface area (TPSA) is 63.6 Å². The maximum absolute atomic E-state index is 10.8. The molecule has 1 heterocycles. The molecular formula is C11H8O4S. The lowest BCUT2D eigenvalue weighted by atomic mass is 10.1. The molecule has 1 aromatic heterocycles. The van der Waals surface area contributed by atoms with Crippen molar-refractivity contribution in [3.63, 3.8) is 0 Å². The van der Waals surface area contributed by atoms with Crippen LogP contribution < -0.4 is 4.74 Å². The highest BCUT2D eigenvalue weighted by Gasteiger charge is 2.11. The molecule has 5 heteroatoms. The summed E-state index contributed by atoms with van der Waals surface area (Å²) in [7, 11) is 1.47. The van der Waals surface area contributed by atoms with Crippen molar-refractivity contribution in [1.29, 1.82) is 0 Å². The second kappa shape index (κ2) is 3.94. The Hall–Kier alpha value is -1.88. The van der Waals surface area contributed by atoms with Gasteiger partial charge in [0.1, 0.15) is 10.6 Å². The fourth-order valence-corrected chi connectivity index (χ4v) is 2.37. The van der Waals surface area contributed by atoms with Crippen LogP contribution >= 0.6 is 11.3 Å². The average Bonchev–Trinajstić information content (AvgIpc) is 2.69. The van der Waals surface area contributed by atoms with E-state index in [9.17, 15) is 9.59 Å². The fraction of sp³-hybridized carbons (Fsp3) is 0.0909. The largest absolute Gasteiger partial charge is 0.496 e. The third-order valence-electron chi connectivity index (χ3n) is 2.21. The van der Waals surface area contributed by atoms with Gasteiger partial charge in [-0.25, -0.2) is 4.79 Å². The fourth-order valence-electron chi connectivity index (χ4n) is 1.46. The van der Waals surface area contributed by atoms with Gasteiger partial charge in [-0.2, -0.15) is 0 Å². The van der Waals surface area contributed by atoms with Crippen LogP contribution in [0.1, 0.15) is 20.0 Å². The number of carbonyl (C=O) groups is 2. The summed E-state index contributed by atoms with van der Waals surface area (Å²) in [4.78, 5) is 21.8. The number of aldehydes is 1. The van der Waals surface area contributed by atoms with Crippen LogP contribution in [-0.4, -0.2) is 24.5 Å². The number of hydrogen-bond donors (Lipinski definition) is 1. The lowest BCUT2D eigenvalue weighted by Crippen LogP contribution is -1.89. The summed E-state index contributed by atoms with van der Waals surface area (Å²) < 4.78 is 5.83. The van der Waals surface area contributed by atoms with Crippen molar-refractivity contribution in [2.24, 2.45) is 0 Å². The number of carbonyl (C=O) groups excluding carboxylic acids is 1. The van der Waals surface area contributed by atoms with Gasteiger partial charge in [-0.3, -0.25) is 4.79 Å². The van der Waals surface area contributed by atoms with E-state index >= 15 is 0 Å². The Labute approximate surface area is 95.1 Å². The zero-order valence-electron chi connectivity index (χ0n) is 8.39. The highest BCUT2D eigenvalue weighted by molar-refractivity contribution is 7.20. The highest BCUT2D eigenvalue weighted by Crippen LogP contribution is 2.31. The number of ether oxygens (including phenoxy) is 1. The van der Waals surface area contributed by atoms with Crippen LogP contribution in [0.25, 0.3) is 10.1 Å². The number of rotatable bonds is 3. The SMILES string of the molecule is COc1cc2sc(C(=O)O)cc2cc1C=O. The molecule has 0 saturated heterocycles. The Balaban J connectivity index is 2.68. The van der Waals surface area contributed by atoms with Crippen LogP contribution in [0.3, 0.4) is 0 Å². The average molecular weight is 236 g/mol. The van der Waals surface area contributed by atoms with Crippen LogP contribution in [0.15, 0.2) is 18.2 Å². The maximum atomic E-state index is 10.8. The van der Waals surface area contributed by atoms with E-state index in [1.807, 2.05) is 0 Å². The molecule has 1 N–H and O–H groups in total. The lowest BCUT2D eigenvalue weighted by molar-refractivity contribution is 0.0702. The third kappa shape index (κ3) is 1.65. The Morgan fingerprint density at radius 1 is 1.44 bits per heavy atom. The minimum absolute atomic E-state index is 0.250. The monoisotopic (exact) mass is 236 g/mol. The van der Waals surface area contributed by atoms with Crippen molar-refractivity contribution in [1.82, 2.24) is 0 Å². The number of hydrogen-bond acceptors (Lipinski definition) is 4. The van der Waals surface area contributed by atoms with E-state index in [-0.39, 0.29) is 4.88 Å². The number of thiophene rings is 1. The number of fused-ring (bicyclic) bond motifs is 1. The van der Waals surface area contributed by atoms with Gasteiger partial charge in [0, 0.05) is 4.70 Å². The number of carboxylic acid groups (broad SMARTS) is 1. The molecule has 0 saturated carbocycles. The van der Waals surface area contributed by atoms with Gasteiger partial charge < -0.3 is 9.84 Å². The number of methoxy groups -OCH3 is 1. The standard InChI is InChI=1S/C11H8O4S/c1-15-8-4-9-6(2-7(8)5-12)3-10(16-9)11(13)14/h2-5H,1H3,(H,13,14). The molecule has 0 spiro atoms. The first kappa shape index (κ1) is 10.6. The number of aromatic carboxylic acids is 1. The van der Waals surface area contributed by atoms with Gasteiger partial charge >= 0.3 is 5.97 Å². The van der Waals surface area contributed by atoms with E-state index in [1.54, 1.807) is 18.2 Å². The van der Waals surface area contributed by atoms with Crippen LogP contribution in [0.2, 0.25) is 0 Å². The predicted octanol–water partition coefficient (Wildman–Crippen LogP) is 2.42. The third-order valence-corrected chi connectivity index (χ3v) is 3.29. The van der Waals surface area contributed by atoms with Crippen LogP contribution in [0.4, 0.5) is 0 Å². The maximum Gasteiger partial charge on any atom is 0.345 e. The van der Waals surface area contributed by atoms with Crippen molar-refractivity contribution < 1.29 is 19.4 Å². The van der Waals surface area contributed by atoms with E-state index in [4.69, 9.17) is 9.84 Å². The number of carboxylic acids is 1. The molecule has 0 aliphatic rings. The van der Waals surface area contributed by atoms with Gasteiger partial charge in [-0.15, -0.1) is 11.3 Å². The van der Waals surface area contributed by atoms with Crippen molar-refractivity contribution in [3.8, 4) is 5.75 Å². The lowest BCUT2D eigenvalue weighted by Gasteiger charge is -2.02. The molecule has 0 radical (unpaired) electrons. The second-order valence-electron chi connectivity index (χ2n) is 3.17. The Morgan fingerprint density at radius 2 is 2.19 bits per heavy atom. The Bertz CT molecular complexity index is 571. The van der Waals surface area contributed by atoms with E-state index in [0.717, 1.165) is 21.4 Å². The first-order chi connectivity index (χ1) is 7.65. The molecule has 0 amide bonds. The predicted molar refractivity (Wildman–Crippen MR) is 60.7 cm³/mol. The molecule has 4 nitrogen and oxygen atoms in total. The molecule has 0 fully saturated rings. The molecule has 0 aliphatic heterocycles. The van der Waals surface area contributed by atoms with Crippen LogP contribution in [0.5, 0.6) is 5.75 Å². The second-order valence-corrected chi connectivity index (χ2v) is 4.25. The van der Waals surface area contributed by atoms with E-state index in [1.165, 1.54) is 7.11 Å². The van der Waals surface area contributed by atoms with Gasteiger partial charge in [0.15, 0.2) is 6.29 Å². The van der Waals surface area contributed by atoms with Gasteiger partial charge in [-0.05, 0) is 23.6 Å². The molecule has 82 valence electrons. The van der Waals surface area contributed by atoms with Gasteiger partial charge in [0.25, 0.3) is 0 Å². The molecule has 16 heavy (non-hydrogen) atoms. The van der Waals surface area contributed by atoms with Crippen LogP contribution in [-0.2, 0) is 0 Å². The summed E-state index contributed by atoms with van der Waals surface area (Å²) in [5.41, 5.74) is 0.421. The summed E-state index contributed by atoms with van der Waals surface area (Å²) in [6.07, 6.45) is 0.691. The molecule has 1 aromatic carbocycles.